The number of pyridine rings is 1. The Morgan fingerprint density at radius 3 is 2.62 bits per heavy atom. The predicted octanol–water partition coefficient (Wildman–Crippen LogP) is 2.32. The molecule has 0 spiro atoms. The zero-order valence-corrected chi connectivity index (χ0v) is 18.1. The molecule has 2 aliphatic rings. The minimum atomic E-state index is -4.48. The number of aliphatic hydroxyl groups excluding tert-OH is 1. The van der Waals surface area contributed by atoms with Crippen LogP contribution in [0, 0.1) is 5.82 Å². The van der Waals surface area contributed by atoms with E-state index in [-0.39, 0.29) is 43.3 Å². The monoisotopic (exact) mass is 483 g/mol. The third-order valence-corrected chi connectivity index (χ3v) is 5.96. The minimum absolute atomic E-state index is 0.00523. The Bertz CT molecular complexity index is 989. The molecule has 0 bridgehead atoms. The second-order valence-corrected chi connectivity index (χ2v) is 8.43. The van der Waals surface area contributed by atoms with Crippen LogP contribution in [0.3, 0.4) is 0 Å². The number of alkyl halides is 3. The van der Waals surface area contributed by atoms with Crippen molar-refractivity contribution in [2.45, 2.75) is 62.6 Å². The number of halogens is 4. The first-order valence-electron chi connectivity index (χ1n) is 10.9. The highest BCUT2D eigenvalue weighted by molar-refractivity contribution is 5.76. The summed E-state index contributed by atoms with van der Waals surface area (Å²) >= 11 is 0. The molecule has 7 nitrogen and oxygen atoms in total. The number of carbonyl (C=O) groups excluding carboxylic acids is 1. The Labute approximate surface area is 193 Å². The first-order chi connectivity index (χ1) is 16.2. The summed E-state index contributed by atoms with van der Waals surface area (Å²) in [5.74, 6) is -0.588. The Balaban J connectivity index is 1.20. The molecule has 34 heavy (non-hydrogen) atoms. The highest BCUT2D eigenvalue weighted by Gasteiger charge is 2.50. The molecule has 2 saturated heterocycles. The van der Waals surface area contributed by atoms with E-state index in [1.54, 1.807) is 12.1 Å². The summed E-state index contributed by atoms with van der Waals surface area (Å²) in [5, 5.41) is 16.2. The molecule has 4 rings (SSSR count). The maximum absolute atomic E-state index is 13.1. The molecule has 0 saturated carbocycles. The third kappa shape index (κ3) is 5.90. The normalized spacial score (nSPS) is 26.4. The summed E-state index contributed by atoms with van der Waals surface area (Å²) in [6, 6.07) is 6.73. The molecule has 5 unspecified atom stereocenters. The lowest BCUT2D eigenvalue weighted by Crippen LogP contribution is -2.39. The molecule has 11 heteroatoms. The van der Waals surface area contributed by atoms with Gasteiger partial charge < -0.3 is 25.2 Å². The number of hydrogen-bond acceptors (Lipinski definition) is 6. The zero-order chi connectivity index (χ0) is 24.3. The van der Waals surface area contributed by atoms with E-state index in [2.05, 4.69) is 15.6 Å². The predicted molar refractivity (Wildman–Crippen MR) is 112 cm³/mol. The van der Waals surface area contributed by atoms with Crippen LogP contribution < -0.4 is 10.6 Å². The van der Waals surface area contributed by atoms with Gasteiger partial charge in [0.05, 0.1) is 30.3 Å². The highest BCUT2D eigenvalue weighted by atomic mass is 19.4. The number of rotatable bonds is 8. The Morgan fingerprint density at radius 1 is 1.15 bits per heavy atom. The van der Waals surface area contributed by atoms with Crippen LogP contribution in [-0.4, -0.2) is 53.1 Å². The van der Waals surface area contributed by atoms with Crippen LogP contribution in [0.5, 0.6) is 0 Å². The number of amides is 1. The van der Waals surface area contributed by atoms with Crippen molar-refractivity contribution in [3.63, 3.8) is 0 Å². The number of nitrogens with one attached hydrogen (secondary N) is 2. The van der Waals surface area contributed by atoms with Crippen LogP contribution >= 0.6 is 0 Å². The highest BCUT2D eigenvalue weighted by Crippen LogP contribution is 2.35. The number of benzene rings is 1. The summed E-state index contributed by atoms with van der Waals surface area (Å²) < 4.78 is 63.9. The van der Waals surface area contributed by atoms with Crippen LogP contribution in [0.25, 0.3) is 0 Å². The average molecular weight is 483 g/mol. The van der Waals surface area contributed by atoms with E-state index in [4.69, 9.17) is 9.47 Å². The maximum Gasteiger partial charge on any atom is 0.416 e. The van der Waals surface area contributed by atoms with Gasteiger partial charge in [-0.25, -0.2) is 4.39 Å². The molecular formula is C23H25F4N3O4. The van der Waals surface area contributed by atoms with E-state index < -0.39 is 42.3 Å². The molecule has 2 aliphatic heterocycles. The Hall–Kier alpha value is -2.60. The summed E-state index contributed by atoms with van der Waals surface area (Å²) in [6.45, 7) is 0.313. The van der Waals surface area contributed by atoms with Crippen molar-refractivity contribution in [2.75, 3.05) is 6.54 Å². The molecule has 1 aromatic heterocycles. The van der Waals surface area contributed by atoms with E-state index in [0.717, 1.165) is 24.0 Å². The van der Waals surface area contributed by atoms with E-state index in [0.29, 0.717) is 6.42 Å². The number of hydrogen-bond donors (Lipinski definition) is 3. The summed E-state index contributed by atoms with van der Waals surface area (Å²) in [6.07, 6.45) is -4.76. The molecular weight excluding hydrogens is 458 g/mol. The second-order valence-electron chi connectivity index (χ2n) is 8.43. The van der Waals surface area contributed by atoms with Crippen LogP contribution in [0.15, 0.2) is 42.7 Å². The fourth-order valence-electron chi connectivity index (χ4n) is 4.28. The van der Waals surface area contributed by atoms with Crippen molar-refractivity contribution in [1.82, 2.24) is 15.6 Å². The number of ether oxygens (including phenoxy) is 2. The van der Waals surface area contributed by atoms with E-state index in [1.165, 1.54) is 12.1 Å². The first-order valence-corrected chi connectivity index (χ1v) is 10.9. The van der Waals surface area contributed by atoms with Gasteiger partial charge >= 0.3 is 6.18 Å². The van der Waals surface area contributed by atoms with Crippen molar-refractivity contribution >= 4 is 5.91 Å². The van der Waals surface area contributed by atoms with Crippen molar-refractivity contribution < 1.29 is 36.9 Å². The lowest BCUT2D eigenvalue weighted by atomic mass is 10.1. The third-order valence-electron chi connectivity index (χ3n) is 5.96. The molecule has 5 atom stereocenters. The number of nitrogens with zero attached hydrogens (tertiary/aromatic N) is 1. The number of fused-ring (bicyclic) bond motifs is 1. The standard InChI is InChI=1S/C23H25F4N3O4/c24-15-3-1-13(2-4-15)9-30-20(31)8-16-7-18-22(33-16)21(32)19(34-18)12-29-11-14-10-28-6-5-17(14)23(25,26)27/h1-6,10,16,18-19,21-22,29,32H,7-9,11-12H2,(H,30,31). The number of carbonyl (C=O) groups is 1. The molecule has 1 aromatic carbocycles. The molecule has 2 aromatic rings. The minimum Gasteiger partial charge on any atom is -0.388 e. The smallest absolute Gasteiger partial charge is 0.388 e. The Kier molecular flexibility index (Phi) is 7.46. The van der Waals surface area contributed by atoms with Crippen molar-refractivity contribution in [2.24, 2.45) is 0 Å². The van der Waals surface area contributed by atoms with E-state index in [9.17, 15) is 27.5 Å². The van der Waals surface area contributed by atoms with Gasteiger partial charge in [0.25, 0.3) is 0 Å². The molecule has 184 valence electrons. The summed E-state index contributed by atoms with van der Waals surface area (Å²) in [4.78, 5) is 16.0. The molecule has 0 radical (unpaired) electrons. The molecule has 3 heterocycles. The van der Waals surface area contributed by atoms with Gasteiger partial charge in [-0.15, -0.1) is 0 Å². The van der Waals surface area contributed by atoms with E-state index >= 15 is 0 Å². The van der Waals surface area contributed by atoms with Crippen LogP contribution in [0.1, 0.15) is 29.5 Å². The fraction of sp³-hybridized carbons (Fsp3) is 0.478. The van der Waals surface area contributed by atoms with Gasteiger partial charge in [-0.1, -0.05) is 12.1 Å². The fourth-order valence-corrected chi connectivity index (χ4v) is 4.28. The van der Waals surface area contributed by atoms with Crippen molar-refractivity contribution in [3.8, 4) is 0 Å². The lowest BCUT2D eigenvalue weighted by Gasteiger charge is -2.20. The lowest BCUT2D eigenvalue weighted by molar-refractivity contribution is -0.138. The second kappa shape index (κ2) is 10.3. The van der Waals surface area contributed by atoms with Gasteiger partial charge in [0, 0.05) is 38.4 Å². The van der Waals surface area contributed by atoms with Crippen LogP contribution in [-0.2, 0) is 33.5 Å². The average Bonchev–Trinajstić information content (AvgIpc) is 3.31. The van der Waals surface area contributed by atoms with Gasteiger partial charge in [-0.05, 0) is 29.3 Å². The number of aliphatic hydroxyl groups is 1. The quantitative estimate of drug-likeness (QED) is 0.500. The van der Waals surface area contributed by atoms with E-state index in [1.807, 2.05) is 0 Å². The SMILES string of the molecule is O=C(CC1CC2OC(CNCc3cnccc3C(F)(F)F)C(O)C2O1)NCc1ccc(F)cc1. The Morgan fingerprint density at radius 2 is 1.91 bits per heavy atom. The van der Waals surface area contributed by atoms with Gasteiger partial charge in [0.2, 0.25) is 5.91 Å². The molecule has 1 amide bonds. The molecule has 2 fully saturated rings. The van der Waals surface area contributed by atoms with Gasteiger partial charge in [-0.3, -0.25) is 9.78 Å². The maximum atomic E-state index is 13.1. The van der Waals surface area contributed by atoms with Crippen molar-refractivity contribution in [1.29, 1.82) is 0 Å². The van der Waals surface area contributed by atoms with Crippen molar-refractivity contribution in [3.05, 3.63) is 65.2 Å². The topological polar surface area (TPSA) is 92.7 Å². The first kappa shape index (κ1) is 24.5. The van der Waals surface area contributed by atoms with Crippen LogP contribution in [0.4, 0.5) is 17.6 Å². The van der Waals surface area contributed by atoms with Crippen LogP contribution in [0.2, 0.25) is 0 Å². The summed E-state index contributed by atoms with van der Waals surface area (Å²) in [5.41, 5.74) is 0.0102. The largest absolute Gasteiger partial charge is 0.416 e. The van der Waals surface area contributed by atoms with Gasteiger partial charge in [0.15, 0.2) is 0 Å². The zero-order valence-electron chi connectivity index (χ0n) is 18.1. The summed E-state index contributed by atoms with van der Waals surface area (Å²) in [7, 11) is 0. The van der Waals surface area contributed by atoms with Gasteiger partial charge in [-0.2, -0.15) is 13.2 Å². The molecule has 0 aliphatic carbocycles. The molecule has 3 N–H and O–H groups in total. The number of aromatic nitrogens is 1. The van der Waals surface area contributed by atoms with Gasteiger partial charge in [0.1, 0.15) is 18.0 Å².